The molecule has 178 valence electrons. The van der Waals surface area contributed by atoms with Gasteiger partial charge in [0.1, 0.15) is 0 Å². The van der Waals surface area contributed by atoms with Crippen LogP contribution in [0.5, 0.6) is 0 Å². The van der Waals surface area contributed by atoms with Crippen LogP contribution in [0.3, 0.4) is 0 Å². The predicted molar refractivity (Wildman–Crippen MR) is 139 cm³/mol. The summed E-state index contributed by atoms with van der Waals surface area (Å²) in [4.78, 5) is 12.8. The van der Waals surface area contributed by atoms with Crippen LogP contribution in [-0.2, 0) is 12.8 Å². The molecule has 0 radical (unpaired) electrons. The van der Waals surface area contributed by atoms with E-state index in [-0.39, 0.29) is 0 Å². The number of benzene rings is 1. The maximum atomic E-state index is 4.69. The van der Waals surface area contributed by atoms with Gasteiger partial charge in [0.2, 0.25) is 0 Å². The van der Waals surface area contributed by atoms with Gasteiger partial charge in [-0.25, -0.2) is 0 Å². The Morgan fingerprint density at radius 2 is 1.67 bits per heavy atom. The maximum absolute atomic E-state index is 4.69. The molecule has 1 aromatic carbocycles. The molecule has 1 saturated heterocycles. The first kappa shape index (κ1) is 22.7. The second-order valence-electron chi connectivity index (χ2n) is 10.8. The van der Waals surface area contributed by atoms with E-state index in [1.54, 1.807) is 0 Å². The highest BCUT2D eigenvalue weighted by atomic mass is 15.3. The lowest BCUT2D eigenvalue weighted by Crippen LogP contribution is -2.51. The number of pyridine rings is 1. The molecule has 33 heavy (non-hydrogen) atoms. The Labute approximate surface area is 201 Å². The van der Waals surface area contributed by atoms with E-state index < -0.39 is 0 Å². The number of aryl methyl sites for hydroxylation is 2. The predicted octanol–water partition coefficient (Wildman–Crippen LogP) is 6.00. The van der Waals surface area contributed by atoms with Crippen molar-refractivity contribution in [3.8, 4) is 0 Å². The number of hydrogen-bond acceptors (Lipinski definition) is 4. The average molecular weight is 447 g/mol. The Morgan fingerprint density at radius 3 is 2.45 bits per heavy atom. The highest BCUT2D eigenvalue weighted by Crippen LogP contribution is 2.41. The first-order chi connectivity index (χ1) is 16.0. The minimum atomic E-state index is 0.422. The van der Waals surface area contributed by atoms with E-state index in [0.717, 1.165) is 12.8 Å². The smallest absolute Gasteiger partial charge is 0.0637 e. The van der Waals surface area contributed by atoms with Gasteiger partial charge >= 0.3 is 0 Å². The molecule has 3 unspecified atom stereocenters. The fourth-order valence-corrected chi connectivity index (χ4v) is 6.54. The Kier molecular flexibility index (Phi) is 6.65. The van der Waals surface area contributed by atoms with Crippen molar-refractivity contribution >= 4 is 11.4 Å². The zero-order valence-electron chi connectivity index (χ0n) is 21.1. The van der Waals surface area contributed by atoms with Crippen molar-refractivity contribution in [3.63, 3.8) is 0 Å². The quantitative estimate of drug-likeness (QED) is 0.562. The van der Waals surface area contributed by atoms with Crippen LogP contribution in [-0.4, -0.2) is 47.6 Å². The summed E-state index contributed by atoms with van der Waals surface area (Å²) < 4.78 is 0. The lowest BCUT2D eigenvalue weighted by atomic mass is 9.89. The summed E-state index contributed by atoms with van der Waals surface area (Å²) in [5, 5.41) is 0. The van der Waals surface area contributed by atoms with Gasteiger partial charge in [-0.05, 0) is 109 Å². The molecular formula is C29H42N4. The molecule has 3 aliphatic rings. The maximum Gasteiger partial charge on any atom is 0.0637 e. The Bertz CT molecular complexity index is 948. The van der Waals surface area contributed by atoms with E-state index in [4.69, 9.17) is 4.98 Å². The van der Waals surface area contributed by atoms with E-state index in [0.29, 0.717) is 24.2 Å². The lowest BCUT2D eigenvalue weighted by Gasteiger charge is -2.45. The molecule has 0 amide bonds. The molecule has 1 fully saturated rings. The monoisotopic (exact) mass is 446 g/mol. The van der Waals surface area contributed by atoms with Gasteiger partial charge in [-0.15, -0.1) is 0 Å². The van der Waals surface area contributed by atoms with Crippen molar-refractivity contribution in [1.29, 1.82) is 0 Å². The molecule has 1 aromatic heterocycles. The van der Waals surface area contributed by atoms with Crippen LogP contribution < -0.4 is 9.80 Å². The van der Waals surface area contributed by atoms with Gasteiger partial charge < -0.3 is 9.80 Å². The molecule has 0 bridgehead atoms. The standard InChI is InChI=1S/C29H42N4/c1-21(2)33-27(15-14-26-28(33)11-8-16-30-26)25-13-12-24-10-9-19-32(29(24)20-25)23(4)22(3)31-17-6-5-7-18-31/h8,11-13,16,20-23,27H,5-7,9-10,14-15,17-19H2,1-4H3. The molecule has 2 aromatic rings. The molecular weight excluding hydrogens is 404 g/mol. The summed E-state index contributed by atoms with van der Waals surface area (Å²) in [6.45, 7) is 13.3. The van der Waals surface area contributed by atoms with Gasteiger partial charge in [-0.2, -0.15) is 0 Å². The first-order valence-corrected chi connectivity index (χ1v) is 13.4. The first-order valence-electron chi connectivity index (χ1n) is 13.4. The van der Waals surface area contributed by atoms with Crippen molar-refractivity contribution in [2.75, 3.05) is 29.4 Å². The SMILES string of the molecule is CC(C(C)N1CCCc2ccc(C3CCc4ncccc4N3C(C)C)cc21)N1CCCCC1. The summed E-state index contributed by atoms with van der Waals surface area (Å²) >= 11 is 0. The highest BCUT2D eigenvalue weighted by Gasteiger charge is 2.33. The van der Waals surface area contributed by atoms with Crippen LogP contribution in [0.2, 0.25) is 0 Å². The number of likely N-dealkylation sites (tertiary alicyclic amines) is 1. The van der Waals surface area contributed by atoms with Crippen molar-refractivity contribution in [3.05, 3.63) is 53.3 Å². The summed E-state index contributed by atoms with van der Waals surface area (Å²) in [6, 6.07) is 13.8. The van der Waals surface area contributed by atoms with Gasteiger partial charge in [-0.1, -0.05) is 18.6 Å². The van der Waals surface area contributed by atoms with Crippen LogP contribution in [0.1, 0.15) is 82.7 Å². The number of piperidine rings is 1. The van der Waals surface area contributed by atoms with Gasteiger partial charge in [0.25, 0.3) is 0 Å². The van der Waals surface area contributed by atoms with E-state index in [9.17, 15) is 0 Å². The third-order valence-corrected chi connectivity index (χ3v) is 8.50. The fraction of sp³-hybridized carbons (Fsp3) is 0.621. The third kappa shape index (κ3) is 4.39. The topological polar surface area (TPSA) is 22.6 Å². The minimum Gasteiger partial charge on any atom is -0.367 e. The van der Waals surface area contributed by atoms with E-state index >= 15 is 0 Å². The number of aromatic nitrogens is 1. The second kappa shape index (κ2) is 9.66. The molecule has 4 nitrogen and oxygen atoms in total. The van der Waals surface area contributed by atoms with Crippen LogP contribution >= 0.6 is 0 Å². The van der Waals surface area contributed by atoms with Crippen molar-refractivity contribution in [1.82, 2.24) is 9.88 Å². The molecule has 3 aliphatic heterocycles. The molecule has 5 rings (SSSR count). The minimum absolute atomic E-state index is 0.422. The Morgan fingerprint density at radius 1 is 0.848 bits per heavy atom. The van der Waals surface area contributed by atoms with Crippen LogP contribution in [0, 0.1) is 0 Å². The number of rotatable bonds is 5. The van der Waals surface area contributed by atoms with Crippen molar-refractivity contribution in [2.24, 2.45) is 0 Å². The van der Waals surface area contributed by atoms with Crippen LogP contribution in [0.15, 0.2) is 36.5 Å². The zero-order valence-corrected chi connectivity index (χ0v) is 21.1. The Hall–Kier alpha value is -2.07. The fourth-order valence-electron chi connectivity index (χ4n) is 6.54. The lowest BCUT2D eigenvalue weighted by molar-refractivity contribution is 0.154. The van der Waals surface area contributed by atoms with E-state index in [1.165, 1.54) is 79.9 Å². The molecule has 0 aliphatic carbocycles. The molecule has 0 N–H and O–H groups in total. The summed E-state index contributed by atoms with van der Waals surface area (Å²) in [5.41, 5.74) is 7.09. The Balaban J connectivity index is 1.45. The van der Waals surface area contributed by atoms with Gasteiger partial charge in [0.15, 0.2) is 0 Å². The summed E-state index contributed by atoms with van der Waals surface area (Å²) in [7, 11) is 0. The number of nitrogens with zero attached hydrogens (tertiary/aromatic N) is 4. The normalized spacial score (nSPS) is 23.2. The molecule has 3 atom stereocenters. The van der Waals surface area contributed by atoms with Crippen LogP contribution in [0.4, 0.5) is 11.4 Å². The van der Waals surface area contributed by atoms with Crippen molar-refractivity contribution < 1.29 is 0 Å². The van der Waals surface area contributed by atoms with Gasteiger partial charge in [0, 0.05) is 36.6 Å². The molecule has 4 heteroatoms. The van der Waals surface area contributed by atoms with Crippen molar-refractivity contribution in [2.45, 2.75) is 96.8 Å². The van der Waals surface area contributed by atoms with E-state index in [1.807, 2.05) is 6.20 Å². The molecule has 4 heterocycles. The number of hydrogen-bond donors (Lipinski definition) is 0. The van der Waals surface area contributed by atoms with E-state index in [2.05, 4.69) is 72.7 Å². The number of anilines is 2. The molecule has 0 saturated carbocycles. The van der Waals surface area contributed by atoms with Gasteiger partial charge in [-0.3, -0.25) is 9.88 Å². The van der Waals surface area contributed by atoms with Crippen LogP contribution in [0.25, 0.3) is 0 Å². The second-order valence-corrected chi connectivity index (χ2v) is 10.8. The van der Waals surface area contributed by atoms with Gasteiger partial charge in [0.05, 0.1) is 17.4 Å². The molecule has 0 spiro atoms. The zero-order chi connectivity index (χ0) is 22.9. The number of fused-ring (bicyclic) bond motifs is 2. The summed E-state index contributed by atoms with van der Waals surface area (Å²) in [5.74, 6) is 0. The largest absolute Gasteiger partial charge is 0.367 e. The third-order valence-electron chi connectivity index (χ3n) is 8.50. The highest BCUT2D eigenvalue weighted by molar-refractivity contribution is 5.61. The summed E-state index contributed by atoms with van der Waals surface area (Å²) in [6.07, 6.45) is 10.8. The average Bonchev–Trinajstić information content (AvgIpc) is 2.86.